The highest BCUT2D eigenvalue weighted by Gasteiger charge is 1.88. The Morgan fingerprint density at radius 2 is 2.18 bits per heavy atom. The Kier molecular flexibility index (Phi) is 3.19. The molecular weight excluding hydrogens is 140 g/mol. The van der Waals surface area contributed by atoms with Gasteiger partial charge in [-0.3, -0.25) is 0 Å². The van der Waals surface area contributed by atoms with E-state index in [4.69, 9.17) is 4.74 Å². The molecule has 0 aliphatic rings. The number of ether oxygens (including phenoxy) is 1. The van der Waals surface area contributed by atoms with Crippen molar-refractivity contribution >= 4 is 6.29 Å². The number of carbonyl (C=O) groups excluding carboxylic acids is 1. The Labute approximate surface area is 65.8 Å². The average Bonchev–Trinajstić information content (AvgIpc) is 2.07. The van der Waals surface area contributed by atoms with Gasteiger partial charge in [0, 0.05) is 6.42 Å². The van der Waals surface area contributed by atoms with Crippen LogP contribution >= 0.6 is 0 Å². The summed E-state index contributed by atoms with van der Waals surface area (Å²) in [6, 6.07) is 10.0. The summed E-state index contributed by atoms with van der Waals surface area (Å²) in [6.07, 6.45) is 1.29. The molecule has 0 aromatic heterocycles. The van der Waals surface area contributed by atoms with Gasteiger partial charge in [0.15, 0.2) is 0 Å². The van der Waals surface area contributed by atoms with Crippen LogP contribution in [0.2, 0.25) is 0 Å². The van der Waals surface area contributed by atoms with Crippen molar-refractivity contribution in [2.24, 2.45) is 0 Å². The molecule has 0 fully saturated rings. The van der Waals surface area contributed by atoms with Crippen LogP contribution < -0.4 is 4.74 Å². The highest BCUT2D eigenvalue weighted by atomic mass is 16.5. The van der Waals surface area contributed by atoms with Crippen LogP contribution in [0.4, 0.5) is 0 Å². The molecule has 0 aliphatic carbocycles. The van der Waals surface area contributed by atoms with Crippen molar-refractivity contribution in [2.45, 2.75) is 6.42 Å². The van der Waals surface area contributed by atoms with Gasteiger partial charge in [-0.15, -0.1) is 0 Å². The van der Waals surface area contributed by atoms with Gasteiger partial charge in [0.2, 0.25) is 0 Å². The van der Waals surface area contributed by atoms with Crippen LogP contribution in [-0.4, -0.2) is 12.9 Å². The standard InChI is InChI=1S/C9H9O2/c10-7-4-8-11-9-5-2-1-3-6-9/h2-3,5-7H,4,8H2. The van der Waals surface area contributed by atoms with Gasteiger partial charge in [-0.25, -0.2) is 0 Å². The molecular formula is C9H9O2. The molecule has 57 valence electrons. The predicted octanol–water partition coefficient (Wildman–Crippen LogP) is 1.45. The second kappa shape index (κ2) is 4.50. The molecule has 0 saturated heterocycles. The Morgan fingerprint density at radius 3 is 2.82 bits per heavy atom. The monoisotopic (exact) mass is 149 g/mol. The third-order valence-corrected chi connectivity index (χ3v) is 1.19. The topological polar surface area (TPSA) is 26.3 Å². The molecule has 0 unspecified atom stereocenters. The van der Waals surface area contributed by atoms with E-state index >= 15 is 0 Å². The summed E-state index contributed by atoms with van der Waals surface area (Å²) in [5.41, 5.74) is 0. The fourth-order valence-electron chi connectivity index (χ4n) is 0.693. The lowest BCUT2D eigenvalue weighted by atomic mass is 10.3. The second-order valence-corrected chi connectivity index (χ2v) is 2.04. The largest absolute Gasteiger partial charge is 0.493 e. The van der Waals surface area contributed by atoms with Crippen molar-refractivity contribution in [2.75, 3.05) is 6.61 Å². The summed E-state index contributed by atoms with van der Waals surface area (Å²) in [4.78, 5) is 9.91. The fraction of sp³-hybridized carbons (Fsp3) is 0.222. The summed E-state index contributed by atoms with van der Waals surface area (Å²) in [7, 11) is 0. The van der Waals surface area contributed by atoms with Crippen LogP contribution in [0.15, 0.2) is 24.3 Å². The second-order valence-electron chi connectivity index (χ2n) is 2.04. The number of hydrogen-bond donors (Lipinski definition) is 0. The zero-order valence-electron chi connectivity index (χ0n) is 6.12. The molecule has 0 saturated carbocycles. The zero-order chi connectivity index (χ0) is 7.94. The summed E-state index contributed by atoms with van der Waals surface area (Å²) in [6.45, 7) is 0.452. The molecule has 2 nitrogen and oxygen atoms in total. The molecule has 1 aromatic rings. The maximum Gasteiger partial charge on any atom is 0.123 e. The Balaban J connectivity index is 2.33. The summed E-state index contributed by atoms with van der Waals surface area (Å²) in [5.74, 6) is 0.783. The third kappa shape index (κ3) is 2.85. The van der Waals surface area contributed by atoms with Gasteiger partial charge in [-0.05, 0) is 18.2 Å². The first-order valence-corrected chi connectivity index (χ1v) is 3.46. The van der Waals surface area contributed by atoms with Crippen molar-refractivity contribution in [3.05, 3.63) is 30.3 Å². The van der Waals surface area contributed by atoms with Gasteiger partial charge in [0.05, 0.1) is 6.61 Å². The minimum atomic E-state index is 0.443. The Bertz CT molecular complexity index is 206. The van der Waals surface area contributed by atoms with Crippen molar-refractivity contribution in [3.8, 4) is 5.75 Å². The molecule has 1 rings (SSSR count). The van der Waals surface area contributed by atoms with Crippen LogP contribution in [0, 0.1) is 6.07 Å². The fourth-order valence-corrected chi connectivity index (χ4v) is 0.693. The lowest BCUT2D eigenvalue weighted by molar-refractivity contribution is -0.108. The third-order valence-electron chi connectivity index (χ3n) is 1.19. The summed E-state index contributed by atoms with van der Waals surface area (Å²) >= 11 is 0. The normalized spacial score (nSPS) is 9.09. The first-order chi connectivity index (χ1) is 5.43. The number of hydrogen-bond acceptors (Lipinski definition) is 2. The molecule has 0 aliphatic heterocycles. The lowest BCUT2D eigenvalue weighted by Gasteiger charge is -2.01. The van der Waals surface area contributed by atoms with Crippen LogP contribution in [0.5, 0.6) is 5.75 Å². The average molecular weight is 149 g/mol. The minimum absolute atomic E-state index is 0.443. The SMILES string of the molecule is O=CCCOc1cc[c]cc1. The number of benzene rings is 1. The van der Waals surface area contributed by atoms with Crippen LogP contribution in [0.3, 0.4) is 0 Å². The van der Waals surface area contributed by atoms with E-state index in [-0.39, 0.29) is 0 Å². The molecule has 0 amide bonds. The van der Waals surface area contributed by atoms with Crippen LogP contribution in [0.1, 0.15) is 6.42 Å². The van der Waals surface area contributed by atoms with E-state index in [0.717, 1.165) is 12.0 Å². The molecule has 1 aromatic carbocycles. The van der Waals surface area contributed by atoms with E-state index in [9.17, 15) is 4.79 Å². The van der Waals surface area contributed by atoms with Gasteiger partial charge >= 0.3 is 0 Å². The van der Waals surface area contributed by atoms with Gasteiger partial charge < -0.3 is 9.53 Å². The van der Waals surface area contributed by atoms with E-state index in [0.29, 0.717) is 13.0 Å². The number of aldehydes is 1. The lowest BCUT2D eigenvalue weighted by Crippen LogP contribution is -1.96. The molecule has 1 radical (unpaired) electrons. The summed E-state index contributed by atoms with van der Waals surface area (Å²) in [5, 5.41) is 0. The number of rotatable bonds is 4. The van der Waals surface area contributed by atoms with E-state index in [1.807, 2.05) is 12.1 Å². The van der Waals surface area contributed by atoms with Gasteiger partial charge in [-0.1, -0.05) is 12.1 Å². The van der Waals surface area contributed by atoms with E-state index < -0.39 is 0 Å². The van der Waals surface area contributed by atoms with Crippen LogP contribution in [0.25, 0.3) is 0 Å². The first kappa shape index (κ1) is 7.79. The molecule has 0 bridgehead atoms. The molecule has 0 spiro atoms. The highest BCUT2D eigenvalue weighted by molar-refractivity contribution is 5.49. The molecule has 2 heteroatoms. The van der Waals surface area contributed by atoms with Crippen LogP contribution in [-0.2, 0) is 4.79 Å². The Morgan fingerprint density at radius 1 is 1.45 bits per heavy atom. The maximum atomic E-state index is 9.91. The molecule has 0 atom stereocenters. The molecule has 0 N–H and O–H groups in total. The van der Waals surface area contributed by atoms with Crippen molar-refractivity contribution in [1.82, 2.24) is 0 Å². The maximum absolute atomic E-state index is 9.91. The van der Waals surface area contributed by atoms with E-state index in [1.54, 1.807) is 12.1 Å². The predicted molar refractivity (Wildman–Crippen MR) is 41.5 cm³/mol. The van der Waals surface area contributed by atoms with Gasteiger partial charge in [0.25, 0.3) is 0 Å². The smallest absolute Gasteiger partial charge is 0.123 e. The molecule has 11 heavy (non-hydrogen) atoms. The highest BCUT2D eigenvalue weighted by Crippen LogP contribution is 2.07. The van der Waals surface area contributed by atoms with E-state index in [1.165, 1.54) is 0 Å². The van der Waals surface area contributed by atoms with Gasteiger partial charge in [0.1, 0.15) is 12.0 Å². The van der Waals surface area contributed by atoms with Crippen molar-refractivity contribution in [3.63, 3.8) is 0 Å². The minimum Gasteiger partial charge on any atom is -0.493 e. The quantitative estimate of drug-likeness (QED) is 0.478. The Hall–Kier alpha value is -1.31. The van der Waals surface area contributed by atoms with Gasteiger partial charge in [-0.2, -0.15) is 0 Å². The molecule has 0 heterocycles. The van der Waals surface area contributed by atoms with Crippen molar-refractivity contribution in [1.29, 1.82) is 0 Å². The first-order valence-electron chi connectivity index (χ1n) is 3.46. The zero-order valence-corrected chi connectivity index (χ0v) is 6.12. The summed E-state index contributed by atoms with van der Waals surface area (Å²) < 4.78 is 5.20. The number of carbonyl (C=O) groups is 1. The van der Waals surface area contributed by atoms with E-state index in [2.05, 4.69) is 6.07 Å². The van der Waals surface area contributed by atoms with Crippen molar-refractivity contribution < 1.29 is 9.53 Å².